The normalized spacial score (nSPS) is 23.6. The Hall–Kier alpha value is -0.270. The molecule has 1 fully saturated rings. The van der Waals surface area contributed by atoms with Crippen LogP contribution in [0.3, 0.4) is 0 Å². The molecule has 18 heavy (non-hydrogen) atoms. The highest BCUT2D eigenvalue weighted by Gasteiger charge is 2.38. The molecule has 1 aliphatic heterocycles. The molecule has 0 saturated carbocycles. The van der Waals surface area contributed by atoms with E-state index in [1.165, 1.54) is 0 Å². The molecule has 2 unspecified atom stereocenters. The molecule has 0 N–H and O–H groups in total. The molecule has 1 heterocycles. The predicted octanol–water partition coefficient (Wildman–Crippen LogP) is 0.748. The Morgan fingerprint density at radius 3 is 2.72 bits per heavy atom. The lowest BCUT2D eigenvalue weighted by molar-refractivity contribution is -0.149. The Balaban J connectivity index is 2.86. The molecule has 0 aromatic rings. The van der Waals surface area contributed by atoms with Crippen LogP contribution in [-0.2, 0) is 19.4 Å². The van der Waals surface area contributed by atoms with E-state index in [0.717, 1.165) is 5.75 Å². The molecule has 1 saturated heterocycles. The summed E-state index contributed by atoms with van der Waals surface area (Å²) in [5.74, 6) is 1.13. The third-order valence-corrected chi connectivity index (χ3v) is 6.37. The van der Waals surface area contributed by atoms with E-state index in [1.807, 2.05) is 0 Å². The van der Waals surface area contributed by atoms with Crippen LogP contribution in [0, 0.1) is 0 Å². The van der Waals surface area contributed by atoms with Gasteiger partial charge in [0.1, 0.15) is 11.4 Å². The molecular weight excluding hydrogens is 274 g/mol. The maximum atomic E-state index is 12.0. The van der Waals surface area contributed by atoms with Crippen molar-refractivity contribution in [3.05, 3.63) is 0 Å². The van der Waals surface area contributed by atoms with Crippen molar-refractivity contribution in [2.45, 2.75) is 32.2 Å². The van der Waals surface area contributed by atoms with Gasteiger partial charge in [0.2, 0.25) is 0 Å². The molecule has 0 bridgehead atoms. The fraction of sp³-hybridized carbons (Fsp3) is 0.909. The fourth-order valence-electron chi connectivity index (χ4n) is 1.94. The number of nitrogens with zero attached hydrogens (tertiary/aromatic N) is 1. The lowest BCUT2D eigenvalue weighted by Crippen LogP contribution is -2.54. The molecule has 7 heteroatoms. The zero-order chi connectivity index (χ0) is 13.8. The van der Waals surface area contributed by atoms with Crippen molar-refractivity contribution < 1.29 is 17.9 Å². The average Bonchev–Trinajstić information content (AvgIpc) is 2.38. The summed E-state index contributed by atoms with van der Waals surface area (Å²) < 4.78 is 29.1. The second-order valence-electron chi connectivity index (χ2n) is 4.15. The summed E-state index contributed by atoms with van der Waals surface area (Å²) in [4.78, 5) is 13.5. The molecule has 0 amide bonds. The monoisotopic (exact) mass is 295 g/mol. The van der Waals surface area contributed by atoms with Crippen molar-refractivity contribution in [1.29, 1.82) is 0 Å². The summed E-state index contributed by atoms with van der Waals surface area (Å²) in [5.41, 5.74) is 0. The summed E-state index contributed by atoms with van der Waals surface area (Å²) in [6, 6.07) is -0.503. The van der Waals surface area contributed by atoms with Crippen LogP contribution in [0.5, 0.6) is 0 Å². The van der Waals surface area contributed by atoms with Gasteiger partial charge >= 0.3 is 5.97 Å². The van der Waals surface area contributed by atoms with Crippen molar-refractivity contribution in [2.75, 3.05) is 30.4 Å². The van der Waals surface area contributed by atoms with Crippen molar-refractivity contribution in [3.8, 4) is 0 Å². The highest BCUT2D eigenvalue weighted by molar-refractivity contribution is 8.01. The standard InChI is InChI=1S/C11H21NO4S2/c1-4-16-11(13)9(3)12-6-7-17-8-10(12)18(14,15)5-2/h9-10H,4-8H2,1-3H3. The first-order chi connectivity index (χ1) is 8.44. The number of hydrogen-bond acceptors (Lipinski definition) is 6. The third kappa shape index (κ3) is 3.61. The minimum atomic E-state index is -3.17. The smallest absolute Gasteiger partial charge is 0.323 e. The van der Waals surface area contributed by atoms with Crippen molar-refractivity contribution in [3.63, 3.8) is 0 Å². The molecule has 0 aliphatic carbocycles. The Morgan fingerprint density at radius 2 is 2.17 bits per heavy atom. The summed E-state index contributed by atoms with van der Waals surface area (Å²) >= 11 is 1.62. The van der Waals surface area contributed by atoms with Gasteiger partial charge in [-0.25, -0.2) is 8.42 Å². The van der Waals surface area contributed by atoms with Crippen LogP contribution >= 0.6 is 11.8 Å². The third-order valence-electron chi connectivity index (χ3n) is 3.07. The van der Waals surface area contributed by atoms with Gasteiger partial charge in [-0.05, 0) is 13.8 Å². The van der Waals surface area contributed by atoms with E-state index in [-0.39, 0.29) is 11.7 Å². The minimum absolute atomic E-state index is 0.101. The van der Waals surface area contributed by atoms with Gasteiger partial charge in [0.05, 0.1) is 6.61 Å². The summed E-state index contributed by atoms with van der Waals surface area (Å²) in [6.07, 6.45) is 0. The van der Waals surface area contributed by atoms with Crippen LogP contribution in [0.15, 0.2) is 0 Å². The lowest BCUT2D eigenvalue weighted by Gasteiger charge is -2.37. The Bertz CT molecular complexity index is 383. The minimum Gasteiger partial charge on any atom is -0.465 e. The van der Waals surface area contributed by atoms with Crippen LogP contribution in [0.2, 0.25) is 0 Å². The van der Waals surface area contributed by atoms with E-state index in [2.05, 4.69) is 0 Å². The molecule has 1 aliphatic rings. The number of rotatable bonds is 5. The molecule has 0 radical (unpaired) electrons. The Kier molecular flexibility index (Phi) is 5.94. The molecule has 106 valence electrons. The van der Waals surface area contributed by atoms with E-state index in [0.29, 0.717) is 18.9 Å². The topological polar surface area (TPSA) is 63.7 Å². The number of ether oxygens (including phenoxy) is 1. The van der Waals surface area contributed by atoms with E-state index in [4.69, 9.17) is 4.74 Å². The molecule has 0 aromatic carbocycles. The maximum Gasteiger partial charge on any atom is 0.323 e. The Morgan fingerprint density at radius 1 is 1.50 bits per heavy atom. The van der Waals surface area contributed by atoms with Gasteiger partial charge < -0.3 is 4.74 Å². The molecular formula is C11H21NO4S2. The van der Waals surface area contributed by atoms with Crippen molar-refractivity contribution in [1.82, 2.24) is 4.90 Å². The SMILES string of the molecule is CCOC(=O)C(C)N1CCSCC1S(=O)(=O)CC. The van der Waals surface area contributed by atoms with Crippen LogP contribution in [-0.4, -0.2) is 61.1 Å². The number of carbonyl (C=O) groups is 1. The highest BCUT2D eigenvalue weighted by Crippen LogP contribution is 2.23. The van der Waals surface area contributed by atoms with Crippen molar-refractivity contribution in [2.24, 2.45) is 0 Å². The first-order valence-electron chi connectivity index (χ1n) is 6.15. The quantitative estimate of drug-likeness (QED) is 0.697. The van der Waals surface area contributed by atoms with Gasteiger partial charge in [-0.2, -0.15) is 11.8 Å². The van der Waals surface area contributed by atoms with Gasteiger partial charge in [0, 0.05) is 23.8 Å². The van der Waals surface area contributed by atoms with E-state index in [1.54, 1.807) is 37.4 Å². The van der Waals surface area contributed by atoms with Gasteiger partial charge in [-0.1, -0.05) is 6.92 Å². The summed E-state index contributed by atoms with van der Waals surface area (Å²) in [5, 5.41) is -0.569. The zero-order valence-corrected chi connectivity index (χ0v) is 12.7. The Labute approximate surface area is 113 Å². The second-order valence-corrected chi connectivity index (χ2v) is 7.74. The molecule has 1 rings (SSSR count). The van der Waals surface area contributed by atoms with Crippen LogP contribution in [0.1, 0.15) is 20.8 Å². The summed E-state index contributed by atoms with van der Waals surface area (Å²) in [6.45, 7) is 6.02. The van der Waals surface area contributed by atoms with Gasteiger partial charge in [-0.15, -0.1) is 0 Å². The van der Waals surface area contributed by atoms with Gasteiger partial charge in [0.15, 0.2) is 9.84 Å². The lowest BCUT2D eigenvalue weighted by atomic mass is 10.3. The van der Waals surface area contributed by atoms with E-state index < -0.39 is 21.3 Å². The molecule has 2 atom stereocenters. The zero-order valence-electron chi connectivity index (χ0n) is 11.1. The molecule has 5 nitrogen and oxygen atoms in total. The number of esters is 1. The molecule has 0 spiro atoms. The number of sulfone groups is 1. The number of carbonyl (C=O) groups excluding carboxylic acids is 1. The van der Waals surface area contributed by atoms with Crippen LogP contribution in [0.25, 0.3) is 0 Å². The maximum absolute atomic E-state index is 12.0. The van der Waals surface area contributed by atoms with Crippen molar-refractivity contribution >= 4 is 27.6 Å². The first kappa shape index (κ1) is 15.8. The van der Waals surface area contributed by atoms with Crippen LogP contribution < -0.4 is 0 Å². The second kappa shape index (κ2) is 6.77. The predicted molar refractivity (Wildman–Crippen MR) is 73.4 cm³/mol. The van der Waals surface area contributed by atoms with E-state index in [9.17, 15) is 13.2 Å². The van der Waals surface area contributed by atoms with Crippen LogP contribution in [0.4, 0.5) is 0 Å². The first-order valence-corrected chi connectivity index (χ1v) is 9.02. The number of thioether (sulfide) groups is 1. The largest absolute Gasteiger partial charge is 0.465 e. The molecule has 0 aromatic heterocycles. The summed E-state index contributed by atoms with van der Waals surface area (Å²) in [7, 11) is -3.17. The van der Waals surface area contributed by atoms with Gasteiger partial charge in [0.25, 0.3) is 0 Å². The van der Waals surface area contributed by atoms with E-state index >= 15 is 0 Å². The van der Waals surface area contributed by atoms with Gasteiger partial charge in [-0.3, -0.25) is 9.69 Å². The fourth-order valence-corrected chi connectivity index (χ4v) is 5.04. The highest BCUT2D eigenvalue weighted by atomic mass is 32.2. The average molecular weight is 295 g/mol. The number of hydrogen-bond donors (Lipinski definition) is 0.